The zero-order valence-corrected chi connectivity index (χ0v) is 11.0. The van der Waals surface area contributed by atoms with E-state index in [-0.39, 0.29) is 6.10 Å². The smallest absolute Gasteiger partial charge is 0.411 e. The van der Waals surface area contributed by atoms with Gasteiger partial charge in [-0.2, -0.15) is 0 Å². The minimum absolute atomic E-state index is 0.103. The molecule has 0 saturated carbocycles. The van der Waals surface area contributed by atoms with Crippen molar-refractivity contribution in [1.82, 2.24) is 0 Å². The molecule has 1 N–H and O–H groups in total. The molecule has 0 spiro atoms. The Morgan fingerprint density at radius 2 is 1.83 bits per heavy atom. The van der Waals surface area contributed by atoms with Gasteiger partial charge in [0.1, 0.15) is 0 Å². The maximum atomic E-state index is 11.4. The Bertz CT molecular complexity index is 395. The van der Waals surface area contributed by atoms with E-state index in [0.717, 1.165) is 18.8 Å². The van der Waals surface area contributed by atoms with Crippen LogP contribution in [0.3, 0.4) is 0 Å². The normalized spacial score (nSPS) is 14.9. The maximum absolute atomic E-state index is 11.4. The first-order valence-corrected chi connectivity index (χ1v) is 6.48. The number of nitrogens with zero attached hydrogens (tertiary/aromatic N) is 1. The minimum Gasteiger partial charge on any atom is -0.447 e. The molecule has 1 fully saturated rings. The van der Waals surface area contributed by atoms with Crippen molar-refractivity contribution in [2.45, 2.75) is 32.8 Å². The number of hydrogen-bond acceptors (Lipinski definition) is 3. The Balaban J connectivity index is 1.93. The number of benzene rings is 1. The third kappa shape index (κ3) is 3.39. The van der Waals surface area contributed by atoms with Crippen molar-refractivity contribution in [3.63, 3.8) is 0 Å². The number of nitrogens with one attached hydrogen (secondary N) is 1. The highest BCUT2D eigenvalue weighted by atomic mass is 16.6. The molecule has 0 aromatic heterocycles. The van der Waals surface area contributed by atoms with Crippen molar-refractivity contribution in [3.05, 3.63) is 24.3 Å². The van der Waals surface area contributed by atoms with E-state index in [1.165, 1.54) is 18.5 Å². The fourth-order valence-corrected chi connectivity index (χ4v) is 2.09. The molecule has 4 nitrogen and oxygen atoms in total. The lowest BCUT2D eigenvalue weighted by Gasteiger charge is -2.17. The summed E-state index contributed by atoms with van der Waals surface area (Å²) in [4.78, 5) is 13.8. The molecule has 98 valence electrons. The van der Waals surface area contributed by atoms with Crippen molar-refractivity contribution in [2.75, 3.05) is 23.3 Å². The third-order valence-electron chi connectivity index (χ3n) is 2.93. The highest BCUT2D eigenvalue weighted by Gasteiger charge is 2.12. The lowest BCUT2D eigenvalue weighted by atomic mass is 10.2. The molecule has 0 atom stereocenters. The Morgan fingerprint density at radius 1 is 1.22 bits per heavy atom. The van der Waals surface area contributed by atoms with Crippen molar-refractivity contribution in [1.29, 1.82) is 0 Å². The third-order valence-corrected chi connectivity index (χ3v) is 2.93. The summed E-state index contributed by atoms with van der Waals surface area (Å²) < 4.78 is 5.02. The first-order chi connectivity index (χ1) is 8.65. The molecule has 0 radical (unpaired) electrons. The van der Waals surface area contributed by atoms with Crippen LogP contribution in [0, 0.1) is 0 Å². The molecule has 4 heteroatoms. The molecule has 1 heterocycles. The van der Waals surface area contributed by atoms with Crippen molar-refractivity contribution < 1.29 is 9.53 Å². The molecule has 1 aliphatic heterocycles. The summed E-state index contributed by atoms with van der Waals surface area (Å²) in [7, 11) is 0. The topological polar surface area (TPSA) is 41.6 Å². The van der Waals surface area contributed by atoms with Gasteiger partial charge in [-0.3, -0.25) is 5.32 Å². The number of hydrogen-bond donors (Lipinski definition) is 1. The second-order valence-corrected chi connectivity index (χ2v) is 4.82. The molecular formula is C14H20N2O2. The van der Waals surface area contributed by atoms with E-state index < -0.39 is 6.09 Å². The van der Waals surface area contributed by atoms with Gasteiger partial charge in [-0.05, 0) is 51.0 Å². The Labute approximate surface area is 108 Å². The van der Waals surface area contributed by atoms with Crippen molar-refractivity contribution >= 4 is 17.5 Å². The van der Waals surface area contributed by atoms with Crippen LogP contribution in [0.25, 0.3) is 0 Å². The molecule has 0 unspecified atom stereocenters. The van der Waals surface area contributed by atoms with E-state index in [2.05, 4.69) is 10.2 Å². The fraction of sp³-hybridized carbons (Fsp3) is 0.500. The van der Waals surface area contributed by atoms with Gasteiger partial charge in [-0.25, -0.2) is 4.79 Å². The minimum atomic E-state index is -0.404. The summed E-state index contributed by atoms with van der Waals surface area (Å²) in [6.45, 7) is 5.91. The van der Waals surface area contributed by atoms with E-state index in [4.69, 9.17) is 4.74 Å². The van der Waals surface area contributed by atoms with Crippen LogP contribution in [-0.4, -0.2) is 25.3 Å². The molecule has 1 amide bonds. The van der Waals surface area contributed by atoms with E-state index >= 15 is 0 Å². The summed E-state index contributed by atoms with van der Waals surface area (Å²) in [5.41, 5.74) is 1.99. The number of carbonyl (C=O) groups is 1. The van der Waals surface area contributed by atoms with Gasteiger partial charge < -0.3 is 9.64 Å². The predicted molar refractivity (Wildman–Crippen MR) is 73.1 cm³/mol. The van der Waals surface area contributed by atoms with E-state index in [1.54, 1.807) is 0 Å². The average Bonchev–Trinajstić information content (AvgIpc) is 2.82. The number of anilines is 2. The zero-order valence-electron chi connectivity index (χ0n) is 11.0. The molecule has 18 heavy (non-hydrogen) atoms. The summed E-state index contributed by atoms with van der Waals surface area (Å²) in [6.07, 6.45) is 2.02. The van der Waals surface area contributed by atoms with Crippen molar-refractivity contribution in [2.24, 2.45) is 0 Å². The van der Waals surface area contributed by atoms with Gasteiger partial charge in [0.15, 0.2) is 0 Å². The van der Waals surface area contributed by atoms with Crippen LogP contribution < -0.4 is 10.2 Å². The predicted octanol–water partition coefficient (Wildman–Crippen LogP) is 3.24. The quantitative estimate of drug-likeness (QED) is 0.892. The molecule has 0 bridgehead atoms. The zero-order chi connectivity index (χ0) is 13.0. The van der Waals surface area contributed by atoms with E-state index in [9.17, 15) is 4.79 Å². The Hall–Kier alpha value is -1.71. The lowest BCUT2D eigenvalue weighted by molar-refractivity contribution is 0.130. The monoisotopic (exact) mass is 248 g/mol. The lowest BCUT2D eigenvalue weighted by Crippen LogP contribution is -2.19. The maximum Gasteiger partial charge on any atom is 0.411 e. The summed E-state index contributed by atoms with van der Waals surface area (Å²) >= 11 is 0. The molecule has 0 aliphatic carbocycles. The van der Waals surface area contributed by atoms with Crippen molar-refractivity contribution in [3.8, 4) is 0 Å². The highest BCUT2D eigenvalue weighted by Crippen LogP contribution is 2.22. The summed E-state index contributed by atoms with van der Waals surface area (Å²) in [5, 5.41) is 2.71. The van der Waals surface area contributed by atoms with Gasteiger partial charge in [0.25, 0.3) is 0 Å². The summed E-state index contributed by atoms with van der Waals surface area (Å²) in [6, 6.07) is 7.90. The first kappa shape index (κ1) is 12.7. The molecule has 1 aromatic rings. The average molecular weight is 248 g/mol. The van der Waals surface area contributed by atoms with Crippen LogP contribution in [-0.2, 0) is 4.74 Å². The fourth-order valence-electron chi connectivity index (χ4n) is 2.09. The van der Waals surface area contributed by atoms with Gasteiger partial charge in [0.05, 0.1) is 6.10 Å². The van der Waals surface area contributed by atoms with Gasteiger partial charge in [-0.1, -0.05) is 0 Å². The first-order valence-electron chi connectivity index (χ1n) is 6.48. The van der Waals surface area contributed by atoms with Gasteiger partial charge in [0, 0.05) is 24.5 Å². The highest BCUT2D eigenvalue weighted by molar-refractivity contribution is 5.85. The Morgan fingerprint density at radius 3 is 2.39 bits per heavy atom. The van der Waals surface area contributed by atoms with E-state index in [1.807, 2.05) is 38.1 Å². The number of rotatable bonds is 3. The SMILES string of the molecule is CC(C)OC(=O)Nc1ccc(N2CCCC2)cc1. The van der Waals surface area contributed by atoms with Gasteiger partial charge in [-0.15, -0.1) is 0 Å². The number of carbonyl (C=O) groups excluding carboxylic acids is 1. The number of amides is 1. The van der Waals surface area contributed by atoms with Crippen LogP contribution in [0.2, 0.25) is 0 Å². The van der Waals surface area contributed by atoms with Crippen LogP contribution in [0.1, 0.15) is 26.7 Å². The Kier molecular flexibility index (Phi) is 4.07. The second kappa shape index (κ2) is 5.76. The van der Waals surface area contributed by atoms with Gasteiger partial charge >= 0.3 is 6.09 Å². The summed E-state index contributed by atoms with van der Waals surface area (Å²) in [5.74, 6) is 0. The largest absolute Gasteiger partial charge is 0.447 e. The molecular weight excluding hydrogens is 228 g/mol. The van der Waals surface area contributed by atoms with Crippen LogP contribution in [0.5, 0.6) is 0 Å². The number of ether oxygens (including phenoxy) is 1. The second-order valence-electron chi connectivity index (χ2n) is 4.82. The molecule has 1 saturated heterocycles. The molecule has 1 aromatic carbocycles. The van der Waals surface area contributed by atoms with Crippen LogP contribution in [0.4, 0.5) is 16.2 Å². The van der Waals surface area contributed by atoms with Gasteiger partial charge in [0.2, 0.25) is 0 Å². The van der Waals surface area contributed by atoms with Crippen LogP contribution >= 0.6 is 0 Å². The molecule has 1 aliphatic rings. The van der Waals surface area contributed by atoms with E-state index in [0.29, 0.717) is 0 Å². The standard InChI is InChI=1S/C14H20N2O2/c1-11(2)18-14(17)15-12-5-7-13(8-6-12)16-9-3-4-10-16/h5-8,11H,3-4,9-10H2,1-2H3,(H,15,17). The molecule has 2 rings (SSSR count). The van der Waals surface area contributed by atoms with Crippen LogP contribution in [0.15, 0.2) is 24.3 Å².